The van der Waals surface area contributed by atoms with E-state index in [0.717, 1.165) is 0 Å². The van der Waals surface area contributed by atoms with Crippen LogP contribution in [0.15, 0.2) is 119 Å². The molecule has 4 aromatic rings. The third-order valence-electron chi connectivity index (χ3n) is 5.49. The van der Waals surface area contributed by atoms with Crippen molar-refractivity contribution in [3.63, 3.8) is 0 Å². The first-order chi connectivity index (χ1) is 18.5. The van der Waals surface area contributed by atoms with Gasteiger partial charge in [-0.2, -0.15) is 10.2 Å². The van der Waals surface area contributed by atoms with Crippen molar-refractivity contribution in [1.29, 1.82) is 0 Å². The third-order valence-corrected chi connectivity index (χ3v) is 5.49. The number of ether oxygens (including phenoxy) is 2. The largest absolute Gasteiger partial charge is 0.497 e. The lowest BCUT2D eigenvalue weighted by Gasteiger charge is -2.06. The van der Waals surface area contributed by atoms with Gasteiger partial charge in [0.1, 0.15) is 22.9 Å². The number of hydrazone groups is 2. The van der Waals surface area contributed by atoms with Gasteiger partial charge in [-0.05, 0) is 48.5 Å². The second kappa shape index (κ2) is 13.7. The Labute approximate surface area is 221 Å². The second-order valence-corrected chi connectivity index (χ2v) is 7.80. The van der Waals surface area contributed by atoms with Gasteiger partial charge in [-0.3, -0.25) is 9.59 Å². The summed E-state index contributed by atoms with van der Waals surface area (Å²) >= 11 is 0. The predicted molar refractivity (Wildman–Crippen MR) is 149 cm³/mol. The van der Waals surface area contributed by atoms with Crippen LogP contribution in [0.25, 0.3) is 0 Å². The number of Topliss-reactive ketones (excluding diaryl/α,β-unsaturated/α-hetero) is 2. The standard InChI is InChI=1S/2C15H14N2O2/c1-19-13-9-7-11(8-10-13)14(17-16)15(18)12-5-3-2-4-6-12;1-19-13-9-7-12(8-10-13)15(18)14(17-16)11-5-3-2-4-6-11/h2*2-10H,16H2,1H3/b17-14-;. The molecule has 0 aromatic heterocycles. The third kappa shape index (κ3) is 6.92. The lowest BCUT2D eigenvalue weighted by Crippen LogP contribution is -2.17. The molecule has 0 atom stereocenters. The van der Waals surface area contributed by atoms with Crippen LogP contribution in [0, 0.1) is 0 Å². The van der Waals surface area contributed by atoms with E-state index in [1.807, 2.05) is 24.3 Å². The SMILES string of the molecule is COc1ccc(/C(=N/N)C(=O)c2ccccc2)cc1.COc1ccc(C(=O)C(=NN)c2ccccc2)cc1. The summed E-state index contributed by atoms with van der Waals surface area (Å²) in [6, 6.07) is 31.9. The molecule has 0 radical (unpaired) electrons. The van der Waals surface area contributed by atoms with Gasteiger partial charge in [-0.25, -0.2) is 0 Å². The summed E-state index contributed by atoms with van der Waals surface area (Å²) in [5, 5.41) is 7.23. The molecule has 4 aromatic carbocycles. The molecule has 0 saturated carbocycles. The zero-order valence-corrected chi connectivity index (χ0v) is 21.1. The number of carbonyl (C=O) groups excluding carboxylic acids is 2. The molecule has 8 nitrogen and oxygen atoms in total. The van der Waals surface area contributed by atoms with Crippen LogP contribution in [-0.2, 0) is 0 Å². The molecule has 4 N–H and O–H groups in total. The number of methoxy groups -OCH3 is 2. The molecule has 0 bridgehead atoms. The highest BCUT2D eigenvalue weighted by Gasteiger charge is 2.17. The van der Waals surface area contributed by atoms with E-state index in [1.165, 1.54) is 0 Å². The van der Waals surface area contributed by atoms with Gasteiger partial charge in [0.05, 0.1) is 14.2 Å². The van der Waals surface area contributed by atoms with E-state index in [9.17, 15) is 9.59 Å². The zero-order valence-electron chi connectivity index (χ0n) is 21.1. The van der Waals surface area contributed by atoms with Crippen molar-refractivity contribution in [3.05, 3.63) is 131 Å². The molecule has 0 amide bonds. The van der Waals surface area contributed by atoms with Crippen LogP contribution < -0.4 is 21.2 Å². The number of benzene rings is 4. The summed E-state index contributed by atoms with van der Waals surface area (Å²) in [6.45, 7) is 0. The Bertz CT molecular complexity index is 1400. The number of hydrogen-bond acceptors (Lipinski definition) is 8. The normalized spacial score (nSPS) is 11.1. The Kier molecular flexibility index (Phi) is 9.89. The van der Waals surface area contributed by atoms with E-state index in [4.69, 9.17) is 21.2 Å². The minimum absolute atomic E-state index is 0.201. The lowest BCUT2D eigenvalue weighted by molar-refractivity contribution is 0.105. The molecular formula is C30H28N4O4. The lowest BCUT2D eigenvalue weighted by atomic mass is 10.0. The Morgan fingerprint density at radius 2 is 0.816 bits per heavy atom. The quantitative estimate of drug-likeness (QED) is 0.156. The van der Waals surface area contributed by atoms with Crippen LogP contribution in [0.3, 0.4) is 0 Å². The molecule has 0 unspecified atom stereocenters. The van der Waals surface area contributed by atoms with E-state index >= 15 is 0 Å². The van der Waals surface area contributed by atoms with Crippen LogP contribution in [-0.4, -0.2) is 37.2 Å². The van der Waals surface area contributed by atoms with Gasteiger partial charge < -0.3 is 21.2 Å². The van der Waals surface area contributed by atoms with Gasteiger partial charge in [0, 0.05) is 22.3 Å². The van der Waals surface area contributed by atoms with E-state index in [0.29, 0.717) is 33.8 Å². The number of hydrogen-bond donors (Lipinski definition) is 2. The Morgan fingerprint density at radius 3 is 1.18 bits per heavy atom. The molecule has 0 spiro atoms. The first kappa shape index (κ1) is 27.3. The molecule has 0 aliphatic heterocycles. The van der Waals surface area contributed by atoms with Crippen LogP contribution in [0.1, 0.15) is 31.8 Å². The average Bonchev–Trinajstić information content (AvgIpc) is 2.99. The molecule has 38 heavy (non-hydrogen) atoms. The number of carbonyl (C=O) groups is 2. The van der Waals surface area contributed by atoms with Crippen molar-refractivity contribution >= 4 is 23.0 Å². The van der Waals surface area contributed by atoms with Crippen molar-refractivity contribution in [3.8, 4) is 11.5 Å². The highest BCUT2D eigenvalue weighted by Crippen LogP contribution is 2.15. The first-order valence-corrected chi connectivity index (χ1v) is 11.6. The molecule has 0 saturated heterocycles. The molecule has 192 valence electrons. The first-order valence-electron chi connectivity index (χ1n) is 11.6. The maximum Gasteiger partial charge on any atom is 0.213 e. The number of nitrogens with two attached hydrogens (primary N) is 2. The topological polar surface area (TPSA) is 129 Å². The number of rotatable bonds is 8. The number of ketones is 2. The molecule has 0 aliphatic carbocycles. The Balaban J connectivity index is 0.000000211. The maximum absolute atomic E-state index is 12.3. The smallest absolute Gasteiger partial charge is 0.213 e. The summed E-state index contributed by atoms with van der Waals surface area (Å²) in [5.41, 5.74) is 2.92. The zero-order chi connectivity index (χ0) is 27.3. The molecule has 0 fully saturated rings. The summed E-state index contributed by atoms with van der Waals surface area (Å²) in [6.07, 6.45) is 0. The monoisotopic (exact) mass is 508 g/mol. The minimum atomic E-state index is -0.212. The van der Waals surface area contributed by atoms with Gasteiger partial charge >= 0.3 is 0 Å². The average molecular weight is 509 g/mol. The molecule has 4 rings (SSSR count). The Hall–Kier alpha value is -5.24. The van der Waals surface area contributed by atoms with Crippen molar-refractivity contribution in [2.24, 2.45) is 21.9 Å². The van der Waals surface area contributed by atoms with Crippen molar-refractivity contribution < 1.29 is 19.1 Å². The van der Waals surface area contributed by atoms with Crippen LogP contribution in [0.2, 0.25) is 0 Å². The summed E-state index contributed by atoms with van der Waals surface area (Å²) in [5.74, 6) is 11.7. The molecular weight excluding hydrogens is 480 g/mol. The molecule has 8 heteroatoms. The summed E-state index contributed by atoms with van der Waals surface area (Å²) in [4.78, 5) is 24.6. The van der Waals surface area contributed by atoms with Gasteiger partial charge in [0.15, 0.2) is 0 Å². The molecule has 0 heterocycles. The highest BCUT2D eigenvalue weighted by molar-refractivity contribution is 6.52. The van der Waals surface area contributed by atoms with Crippen LogP contribution >= 0.6 is 0 Å². The van der Waals surface area contributed by atoms with E-state index < -0.39 is 0 Å². The van der Waals surface area contributed by atoms with Gasteiger partial charge in [0.25, 0.3) is 0 Å². The fourth-order valence-corrected chi connectivity index (χ4v) is 3.48. The fourth-order valence-electron chi connectivity index (χ4n) is 3.48. The van der Waals surface area contributed by atoms with Gasteiger partial charge in [-0.15, -0.1) is 0 Å². The summed E-state index contributed by atoms with van der Waals surface area (Å²) in [7, 11) is 3.16. The Morgan fingerprint density at radius 1 is 0.500 bits per heavy atom. The second-order valence-electron chi connectivity index (χ2n) is 7.80. The predicted octanol–water partition coefficient (Wildman–Crippen LogP) is 4.48. The van der Waals surface area contributed by atoms with Crippen LogP contribution in [0.4, 0.5) is 0 Å². The van der Waals surface area contributed by atoms with Crippen molar-refractivity contribution in [2.75, 3.05) is 14.2 Å². The number of nitrogens with zero attached hydrogens (tertiary/aromatic N) is 2. The van der Waals surface area contributed by atoms with Gasteiger partial charge in [-0.1, -0.05) is 60.7 Å². The van der Waals surface area contributed by atoms with E-state index in [-0.39, 0.29) is 23.0 Å². The van der Waals surface area contributed by atoms with E-state index in [1.54, 1.807) is 99.1 Å². The minimum Gasteiger partial charge on any atom is -0.497 e. The van der Waals surface area contributed by atoms with Crippen LogP contribution in [0.5, 0.6) is 11.5 Å². The molecule has 0 aliphatic rings. The van der Waals surface area contributed by atoms with Gasteiger partial charge in [0.2, 0.25) is 11.6 Å². The van der Waals surface area contributed by atoms with Crippen molar-refractivity contribution in [1.82, 2.24) is 0 Å². The van der Waals surface area contributed by atoms with Crippen molar-refractivity contribution in [2.45, 2.75) is 0 Å². The maximum atomic E-state index is 12.3. The van der Waals surface area contributed by atoms with E-state index in [2.05, 4.69) is 10.2 Å². The fraction of sp³-hybridized carbons (Fsp3) is 0.0667. The summed E-state index contributed by atoms with van der Waals surface area (Å²) < 4.78 is 10.1. The highest BCUT2D eigenvalue weighted by atomic mass is 16.5.